The molecule has 1 amide bonds. The van der Waals surface area contributed by atoms with Gasteiger partial charge in [0.05, 0.1) is 25.4 Å². The number of nitrogens with zero attached hydrogens (tertiary/aromatic N) is 5. The minimum absolute atomic E-state index is 0.144. The lowest BCUT2D eigenvalue weighted by Crippen LogP contribution is -2.73. The van der Waals surface area contributed by atoms with Crippen LogP contribution in [-0.4, -0.2) is 84.4 Å². The number of carbonyl (C=O) groups excluding carboxylic acids is 1. The first-order chi connectivity index (χ1) is 12.0. The maximum Gasteiger partial charge on any atom is 0.241 e. The summed E-state index contributed by atoms with van der Waals surface area (Å²) in [4.78, 5) is 18.8. The van der Waals surface area contributed by atoms with Crippen molar-refractivity contribution in [1.29, 1.82) is 0 Å². The lowest BCUT2D eigenvalue weighted by Gasteiger charge is -2.56. The molecule has 1 aromatic rings. The second-order valence-corrected chi connectivity index (χ2v) is 8.00. The first-order valence-electron chi connectivity index (χ1n) is 9.10. The molecule has 7 heteroatoms. The number of aryl methyl sites for hydroxylation is 1. The van der Waals surface area contributed by atoms with Crippen molar-refractivity contribution in [1.82, 2.24) is 20.0 Å². The zero-order valence-electron chi connectivity index (χ0n) is 15.3. The van der Waals surface area contributed by atoms with Gasteiger partial charge in [0.15, 0.2) is 5.82 Å². The Kier molecular flexibility index (Phi) is 4.16. The number of carbonyl (C=O) groups is 1. The summed E-state index contributed by atoms with van der Waals surface area (Å²) in [5, 5.41) is 8.41. The van der Waals surface area contributed by atoms with E-state index in [1.807, 2.05) is 33.2 Å². The second-order valence-electron chi connectivity index (χ2n) is 8.00. The van der Waals surface area contributed by atoms with E-state index in [1.54, 1.807) is 4.90 Å². The lowest BCUT2D eigenvalue weighted by atomic mass is 9.90. The van der Waals surface area contributed by atoms with Gasteiger partial charge in [-0.05, 0) is 37.8 Å². The van der Waals surface area contributed by atoms with Crippen molar-refractivity contribution in [2.24, 2.45) is 5.92 Å². The number of ether oxygens (including phenoxy) is 1. The average molecular weight is 345 g/mol. The van der Waals surface area contributed by atoms with Gasteiger partial charge in [-0.15, -0.1) is 5.10 Å². The van der Waals surface area contributed by atoms with Crippen LogP contribution in [0.3, 0.4) is 0 Å². The molecule has 1 spiro atoms. The molecule has 1 unspecified atom stereocenters. The number of aromatic nitrogens is 2. The van der Waals surface area contributed by atoms with E-state index in [-0.39, 0.29) is 17.6 Å². The molecule has 1 aromatic heterocycles. The summed E-state index contributed by atoms with van der Waals surface area (Å²) in [5.74, 6) is 1.81. The lowest BCUT2D eigenvalue weighted by molar-refractivity contribution is -0.167. The highest BCUT2D eigenvalue weighted by Crippen LogP contribution is 2.37. The quantitative estimate of drug-likeness (QED) is 0.794. The molecule has 1 aliphatic carbocycles. The Hall–Kier alpha value is -1.73. The normalized spacial score (nSPS) is 25.7. The van der Waals surface area contributed by atoms with Gasteiger partial charge < -0.3 is 14.5 Å². The third kappa shape index (κ3) is 3.35. The van der Waals surface area contributed by atoms with E-state index >= 15 is 0 Å². The minimum atomic E-state index is -0.176. The first-order valence-corrected chi connectivity index (χ1v) is 9.10. The number of amides is 1. The van der Waals surface area contributed by atoms with Gasteiger partial charge in [-0.2, -0.15) is 5.10 Å². The molecule has 1 atom stereocenters. The van der Waals surface area contributed by atoms with E-state index in [0.717, 1.165) is 43.6 Å². The number of hydrogen-bond acceptors (Lipinski definition) is 6. The summed E-state index contributed by atoms with van der Waals surface area (Å²) >= 11 is 0. The maximum atomic E-state index is 12.5. The molecule has 25 heavy (non-hydrogen) atoms. The van der Waals surface area contributed by atoms with Gasteiger partial charge >= 0.3 is 0 Å². The van der Waals surface area contributed by atoms with Crippen LogP contribution in [0.5, 0.6) is 0 Å². The Morgan fingerprint density at radius 3 is 2.64 bits per heavy atom. The van der Waals surface area contributed by atoms with E-state index in [9.17, 15) is 4.79 Å². The van der Waals surface area contributed by atoms with E-state index < -0.39 is 0 Å². The van der Waals surface area contributed by atoms with Gasteiger partial charge in [-0.1, -0.05) is 0 Å². The molecule has 3 aliphatic rings. The fourth-order valence-electron chi connectivity index (χ4n) is 3.80. The fraction of sp³-hybridized carbons (Fsp3) is 0.722. The molecule has 3 heterocycles. The predicted molar refractivity (Wildman–Crippen MR) is 94.4 cm³/mol. The zero-order valence-corrected chi connectivity index (χ0v) is 15.3. The molecule has 4 rings (SSSR count). The first kappa shape index (κ1) is 16.7. The third-order valence-electron chi connectivity index (χ3n) is 5.46. The van der Waals surface area contributed by atoms with Gasteiger partial charge in [0.1, 0.15) is 11.6 Å². The Labute approximate surface area is 148 Å². The molecular formula is C18H27N5O2. The Morgan fingerprint density at radius 2 is 2.04 bits per heavy atom. The van der Waals surface area contributed by atoms with Crippen molar-refractivity contribution >= 4 is 11.7 Å². The summed E-state index contributed by atoms with van der Waals surface area (Å²) in [6.45, 7) is 5.89. The molecule has 0 aromatic carbocycles. The van der Waals surface area contributed by atoms with Gasteiger partial charge in [0, 0.05) is 27.2 Å². The van der Waals surface area contributed by atoms with E-state index in [4.69, 9.17) is 4.74 Å². The molecule has 136 valence electrons. The molecule has 1 saturated carbocycles. The maximum absolute atomic E-state index is 12.5. The molecule has 2 aliphatic heterocycles. The smallest absolute Gasteiger partial charge is 0.241 e. The van der Waals surface area contributed by atoms with Crippen molar-refractivity contribution in [3.05, 3.63) is 17.8 Å². The predicted octanol–water partition coefficient (Wildman–Crippen LogP) is 0.543. The van der Waals surface area contributed by atoms with Crippen LogP contribution in [0.25, 0.3) is 0 Å². The average Bonchev–Trinajstić information content (AvgIpc) is 3.37. The third-order valence-corrected chi connectivity index (χ3v) is 5.46. The molecule has 7 nitrogen and oxygen atoms in total. The highest BCUT2D eigenvalue weighted by atomic mass is 16.5. The highest BCUT2D eigenvalue weighted by molar-refractivity contribution is 5.81. The molecule has 3 fully saturated rings. The van der Waals surface area contributed by atoms with Crippen molar-refractivity contribution in [3.8, 4) is 0 Å². The molecule has 0 N–H and O–H groups in total. The Bertz CT molecular complexity index is 637. The molecule has 0 bridgehead atoms. The van der Waals surface area contributed by atoms with Crippen LogP contribution in [-0.2, 0) is 9.53 Å². The van der Waals surface area contributed by atoms with Crippen LogP contribution in [0, 0.1) is 12.8 Å². The van der Waals surface area contributed by atoms with E-state index in [0.29, 0.717) is 6.61 Å². The minimum Gasteiger partial charge on any atom is -0.368 e. The molecule has 2 saturated heterocycles. The van der Waals surface area contributed by atoms with Crippen LogP contribution in [0.4, 0.5) is 5.82 Å². The van der Waals surface area contributed by atoms with E-state index in [2.05, 4.69) is 20.0 Å². The number of morpholine rings is 1. The fourth-order valence-corrected chi connectivity index (χ4v) is 3.80. The Morgan fingerprint density at radius 1 is 1.28 bits per heavy atom. The summed E-state index contributed by atoms with van der Waals surface area (Å²) < 4.78 is 6.21. The SMILES string of the molecule is Cc1ccc(N2CC3(C2)CN(CC2CC2)C(C(=O)N(C)C)CO3)nn1. The number of hydrogen-bond donors (Lipinski definition) is 0. The highest BCUT2D eigenvalue weighted by Gasteiger charge is 2.51. The van der Waals surface area contributed by atoms with Gasteiger partial charge in [-0.3, -0.25) is 9.69 Å². The summed E-state index contributed by atoms with van der Waals surface area (Å²) in [6, 6.07) is 3.85. The molecular weight excluding hydrogens is 318 g/mol. The number of anilines is 1. The zero-order chi connectivity index (χ0) is 17.6. The van der Waals surface area contributed by atoms with Crippen LogP contribution >= 0.6 is 0 Å². The topological polar surface area (TPSA) is 61.8 Å². The van der Waals surface area contributed by atoms with Crippen molar-refractivity contribution in [2.45, 2.75) is 31.4 Å². The number of rotatable bonds is 4. The molecule has 0 radical (unpaired) electrons. The largest absolute Gasteiger partial charge is 0.368 e. The summed E-state index contributed by atoms with van der Waals surface area (Å²) in [5.41, 5.74) is 0.749. The van der Waals surface area contributed by atoms with Crippen LogP contribution in [0.1, 0.15) is 18.5 Å². The van der Waals surface area contributed by atoms with Gasteiger partial charge in [0.25, 0.3) is 0 Å². The van der Waals surface area contributed by atoms with E-state index in [1.165, 1.54) is 12.8 Å². The monoisotopic (exact) mass is 345 g/mol. The standard InChI is InChI=1S/C18H27N5O2/c1-13-4-7-16(20-19-13)23-11-18(12-23)10-22(8-14-5-6-14)15(9-25-18)17(24)21(2)3/h4,7,14-15H,5-6,8-12H2,1-3H3. The summed E-state index contributed by atoms with van der Waals surface area (Å²) in [7, 11) is 3.65. The van der Waals surface area contributed by atoms with Crippen LogP contribution in [0.15, 0.2) is 12.1 Å². The van der Waals surface area contributed by atoms with Crippen molar-refractivity contribution in [2.75, 3.05) is 51.8 Å². The Balaban J connectivity index is 1.42. The van der Waals surface area contributed by atoms with Gasteiger partial charge in [0.2, 0.25) is 5.91 Å². The summed E-state index contributed by atoms with van der Waals surface area (Å²) in [6.07, 6.45) is 2.58. The van der Waals surface area contributed by atoms with Crippen LogP contribution in [0.2, 0.25) is 0 Å². The van der Waals surface area contributed by atoms with Crippen LogP contribution < -0.4 is 4.90 Å². The van der Waals surface area contributed by atoms with Gasteiger partial charge in [-0.25, -0.2) is 0 Å². The van der Waals surface area contributed by atoms with Crippen molar-refractivity contribution < 1.29 is 9.53 Å². The second kappa shape index (κ2) is 6.21. The van der Waals surface area contributed by atoms with Crippen molar-refractivity contribution in [3.63, 3.8) is 0 Å². The number of likely N-dealkylation sites (N-methyl/N-ethyl adjacent to an activating group) is 1.